The van der Waals surface area contributed by atoms with Crippen LogP contribution in [0.25, 0.3) is 0 Å². The molecule has 166 valence electrons. The number of benzene rings is 2. The summed E-state index contributed by atoms with van der Waals surface area (Å²) in [6, 6.07) is 13.1. The lowest BCUT2D eigenvalue weighted by molar-refractivity contribution is -0.114. The fourth-order valence-electron chi connectivity index (χ4n) is 3.60. The number of rotatable bonds is 6. The molecule has 0 bridgehead atoms. The molecule has 0 unspecified atom stereocenters. The summed E-state index contributed by atoms with van der Waals surface area (Å²) in [5.74, 6) is 1.80. The van der Waals surface area contributed by atoms with Gasteiger partial charge in [0.15, 0.2) is 0 Å². The first-order chi connectivity index (χ1) is 15.5. The van der Waals surface area contributed by atoms with Crippen molar-refractivity contribution in [1.82, 2.24) is 15.0 Å². The number of nitrogens with zero attached hydrogens (tertiary/aromatic N) is 4. The molecular weight excluding hydrogens is 428 g/mol. The normalized spacial score (nSPS) is 14.2. The molecule has 1 aliphatic heterocycles. The maximum Gasteiger partial charge on any atom is 0.232 e. The predicted molar refractivity (Wildman–Crippen MR) is 126 cm³/mol. The van der Waals surface area contributed by atoms with Crippen LogP contribution in [0.5, 0.6) is 5.75 Å². The number of hydrogen-bond acceptors (Lipinski definition) is 7. The van der Waals surface area contributed by atoms with E-state index in [4.69, 9.17) is 16.3 Å². The van der Waals surface area contributed by atoms with E-state index < -0.39 is 0 Å². The number of amides is 1. The van der Waals surface area contributed by atoms with Crippen molar-refractivity contribution < 1.29 is 9.53 Å². The molecule has 2 aromatic carbocycles. The molecule has 0 aliphatic carbocycles. The van der Waals surface area contributed by atoms with E-state index in [0.29, 0.717) is 16.9 Å². The van der Waals surface area contributed by atoms with Crippen LogP contribution in [0.3, 0.4) is 0 Å². The van der Waals surface area contributed by atoms with Gasteiger partial charge in [-0.2, -0.15) is 4.98 Å². The Hall–Kier alpha value is -3.39. The molecule has 0 atom stereocenters. The summed E-state index contributed by atoms with van der Waals surface area (Å²) < 4.78 is 6.07. The van der Waals surface area contributed by atoms with Crippen LogP contribution in [0.2, 0.25) is 5.02 Å². The summed E-state index contributed by atoms with van der Waals surface area (Å²) in [7, 11) is 0. The molecule has 0 saturated carbocycles. The molecule has 8 nitrogen and oxygen atoms in total. The van der Waals surface area contributed by atoms with Crippen LogP contribution < -0.4 is 20.3 Å². The van der Waals surface area contributed by atoms with Crippen molar-refractivity contribution in [2.24, 2.45) is 0 Å². The fourth-order valence-corrected chi connectivity index (χ4v) is 3.72. The van der Waals surface area contributed by atoms with Gasteiger partial charge in [0.2, 0.25) is 17.8 Å². The average molecular weight is 453 g/mol. The van der Waals surface area contributed by atoms with Gasteiger partial charge in [0.05, 0.1) is 0 Å². The van der Waals surface area contributed by atoms with Gasteiger partial charge in [0, 0.05) is 49.3 Å². The molecule has 0 radical (unpaired) electrons. The number of piperidine rings is 1. The van der Waals surface area contributed by atoms with E-state index in [1.54, 1.807) is 0 Å². The van der Waals surface area contributed by atoms with Gasteiger partial charge >= 0.3 is 0 Å². The third-order valence-electron chi connectivity index (χ3n) is 5.29. The molecule has 32 heavy (non-hydrogen) atoms. The van der Waals surface area contributed by atoms with Crippen molar-refractivity contribution in [2.45, 2.75) is 32.8 Å². The Labute approximate surface area is 192 Å². The second-order valence-corrected chi connectivity index (χ2v) is 8.09. The van der Waals surface area contributed by atoms with Gasteiger partial charge < -0.3 is 20.3 Å². The predicted octanol–water partition coefficient (Wildman–Crippen LogP) is 4.58. The maximum atomic E-state index is 11.4. The molecule has 3 aromatic rings. The zero-order valence-electron chi connectivity index (χ0n) is 18.0. The van der Waals surface area contributed by atoms with Crippen molar-refractivity contribution in [2.75, 3.05) is 28.6 Å². The minimum absolute atomic E-state index is 0.115. The zero-order valence-corrected chi connectivity index (χ0v) is 18.8. The first-order valence-corrected chi connectivity index (χ1v) is 10.9. The Morgan fingerprint density at radius 1 is 1.09 bits per heavy atom. The third-order valence-corrected chi connectivity index (χ3v) is 5.54. The number of hydrogen-bond donors (Lipinski definition) is 2. The van der Waals surface area contributed by atoms with E-state index in [-0.39, 0.29) is 12.0 Å². The van der Waals surface area contributed by atoms with E-state index in [1.807, 2.05) is 49.4 Å². The quantitative estimate of drug-likeness (QED) is 0.565. The summed E-state index contributed by atoms with van der Waals surface area (Å²) in [4.78, 5) is 26.7. The second-order valence-electron chi connectivity index (χ2n) is 7.65. The van der Waals surface area contributed by atoms with Gasteiger partial charge in [-0.25, -0.2) is 9.97 Å². The summed E-state index contributed by atoms with van der Waals surface area (Å²) >= 11 is 5.94. The molecule has 1 fully saturated rings. The van der Waals surface area contributed by atoms with Crippen LogP contribution in [0.1, 0.15) is 25.3 Å². The summed E-state index contributed by atoms with van der Waals surface area (Å²) in [5.41, 5.74) is 2.48. The van der Waals surface area contributed by atoms with Gasteiger partial charge in [-0.05, 0) is 48.9 Å². The van der Waals surface area contributed by atoms with E-state index >= 15 is 0 Å². The first-order valence-electron chi connectivity index (χ1n) is 10.5. The monoisotopic (exact) mass is 452 g/mol. The zero-order chi connectivity index (χ0) is 22.5. The molecule has 4 rings (SSSR count). The topological polar surface area (TPSA) is 92.3 Å². The van der Waals surface area contributed by atoms with E-state index in [9.17, 15) is 4.79 Å². The van der Waals surface area contributed by atoms with Crippen LogP contribution in [0.4, 0.5) is 23.3 Å². The van der Waals surface area contributed by atoms with Crippen molar-refractivity contribution >= 4 is 40.8 Å². The lowest BCUT2D eigenvalue weighted by Crippen LogP contribution is -2.39. The highest BCUT2D eigenvalue weighted by Crippen LogP contribution is 2.26. The lowest BCUT2D eigenvalue weighted by atomic mass is 10.1. The number of aromatic nitrogens is 3. The van der Waals surface area contributed by atoms with E-state index in [2.05, 4.69) is 30.5 Å². The SMILES string of the molecule is CC(=O)Nc1cccc(Nc2ncnc(N3CCC(Oc4ccc(Cl)cc4)CC3)n2)c1C. The number of carbonyl (C=O) groups excluding carboxylic acids is 1. The minimum Gasteiger partial charge on any atom is -0.490 e. The van der Waals surface area contributed by atoms with Crippen molar-refractivity contribution in [1.29, 1.82) is 0 Å². The summed E-state index contributed by atoms with van der Waals surface area (Å²) in [6.45, 7) is 5.00. The van der Waals surface area contributed by atoms with Gasteiger partial charge in [-0.1, -0.05) is 17.7 Å². The molecule has 9 heteroatoms. The first kappa shape index (κ1) is 21.8. The van der Waals surface area contributed by atoms with Crippen LogP contribution in [-0.4, -0.2) is 40.1 Å². The van der Waals surface area contributed by atoms with Gasteiger partial charge in [0.25, 0.3) is 0 Å². The fraction of sp³-hybridized carbons (Fsp3) is 0.304. The molecule has 1 aromatic heterocycles. The molecule has 2 N–H and O–H groups in total. The largest absolute Gasteiger partial charge is 0.490 e. The standard InChI is InChI=1S/C23H25ClN6O2/c1-15-20(27-16(2)31)4-3-5-21(15)28-22-25-14-26-23(29-22)30-12-10-19(11-13-30)32-18-8-6-17(24)7-9-18/h3-9,14,19H,10-13H2,1-2H3,(H,27,31)(H,25,26,28,29). The maximum absolute atomic E-state index is 11.4. The molecular formula is C23H25ClN6O2. The van der Waals surface area contributed by atoms with Crippen molar-refractivity contribution in [3.05, 3.63) is 59.4 Å². The third kappa shape index (κ3) is 5.45. The molecule has 1 aliphatic rings. The van der Waals surface area contributed by atoms with Gasteiger partial charge in [-0.3, -0.25) is 4.79 Å². The highest BCUT2D eigenvalue weighted by molar-refractivity contribution is 6.30. The average Bonchev–Trinajstić information content (AvgIpc) is 2.78. The summed E-state index contributed by atoms with van der Waals surface area (Å²) in [6.07, 6.45) is 3.39. The van der Waals surface area contributed by atoms with Crippen molar-refractivity contribution in [3.63, 3.8) is 0 Å². The van der Waals surface area contributed by atoms with Crippen LogP contribution in [0, 0.1) is 6.92 Å². The molecule has 0 spiro atoms. The van der Waals surface area contributed by atoms with Crippen LogP contribution in [0.15, 0.2) is 48.8 Å². The summed E-state index contributed by atoms with van der Waals surface area (Å²) in [5, 5.41) is 6.76. The lowest BCUT2D eigenvalue weighted by Gasteiger charge is -2.32. The Bertz CT molecular complexity index is 1080. The van der Waals surface area contributed by atoms with Gasteiger partial charge in [0.1, 0.15) is 18.2 Å². The number of halogens is 1. The Morgan fingerprint density at radius 3 is 2.53 bits per heavy atom. The number of anilines is 4. The van der Waals surface area contributed by atoms with Crippen LogP contribution in [-0.2, 0) is 4.79 Å². The molecule has 1 amide bonds. The highest BCUT2D eigenvalue weighted by atomic mass is 35.5. The second kappa shape index (κ2) is 9.82. The molecule has 1 saturated heterocycles. The Morgan fingerprint density at radius 2 is 1.81 bits per heavy atom. The Balaban J connectivity index is 1.39. The van der Waals surface area contributed by atoms with E-state index in [0.717, 1.165) is 48.6 Å². The number of nitrogens with one attached hydrogen (secondary N) is 2. The van der Waals surface area contributed by atoms with E-state index in [1.165, 1.54) is 13.3 Å². The number of ether oxygens (including phenoxy) is 1. The molecule has 2 heterocycles. The van der Waals surface area contributed by atoms with Crippen LogP contribution >= 0.6 is 11.6 Å². The highest BCUT2D eigenvalue weighted by Gasteiger charge is 2.22. The Kier molecular flexibility index (Phi) is 6.70. The minimum atomic E-state index is -0.115. The smallest absolute Gasteiger partial charge is 0.232 e. The van der Waals surface area contributed by atoms with Gasteiger partial charge in [-0.15, -0.1) is 0 Å². The van der Waals surface area contributed by atoms with Crippen molar-refractivity contribution in [3.8, 4) is 5.75 Å². The number of carbonyl (C=O) groups is 1.